The van der Waals surface area contributed by atoms with Crippen LogP contribution in [0.2, 0.25) is 0 Å². The van der Waals surface area contributed by atoms with Crippen LogP contribution in [0, 0.1) is 17.8 Å². The van der Waals surface area contributed by atoms with E-state index in [2.05, 4.69) is 5.32 Å². The largest absolute Gasteiger partial charge is 0.469 e. The van der Waals surface area contributed by atoms with Crippen LogP contribution in [0.4, 0.5) is 0 Å². The lowest BCUT2D eigenvalue weighted by atomic mass is 9.81. The summed E-state index contributed by atoms with van der Waals surface area (Å²) < 4.78 is 10.3. The van der Waals surface area contributed by atoms with E-state index in [4.69, 9.17) is 9.47 Å². The number of ether oxygens (including phenoxy) is 2. The van der Waals surface area contributed by atoms with E-state index in [0.717, 1.165) is 32.7 Å². The molecule has 0 saturated carbocycles. The second kappa shape index (κ2) is 4.94. The van der Waals surface area contributed by atoms with Crippen molar-refractivity contribution in [3.63, 3.8) is 0 Å². The minimum absolute atomic E-state index is 0.0294. The molecule has 15 heavy (non-hydrogen) atoms. The van der Waals surface area contributed by atoms with E-state index in [1.165, 1.54) is 13.5 Å². The van der Waals surface area contributed by atoms with E-state index in [1.807, 2.05) is 0 Å². The Bertz CT molecular complexity index is 226. The molecule has 86 valence electrons. The predicted molar refractivity (Wildman–Crippen MR) is 55.4 cm³/mol. The van der Waals surface area contributed by atoms with Gasteiger partial charge in [-0.1, -0.05) is 0 Å². The molecule has 4 nitrogen and oxygen atoms in total. The third-order valence-corrected chi connectivity index (χ3v) is 3.57. The molecular formula is C11H19NO3. The van der Waals surface area contributed by atoms with Gasteiger partial charge in [0, 0.05) is 19.8 Å². The monoisotopic (exact) mass is 213 g/mol. The number of hydrogen-bond acceptors (Lipinski definition) is 4. The third-order valence-electron chi connectivity index (χ3n) is 3.57. The molecule has 4 heteroatoms. The summed E-state index contributed by atoms with van der Waals surface area (Å²) in [6.07, 6.45) is 2.30. The van der Waals surface area contributed by atoms with Gasteiger partial charge in [-0.15, -0.1) is 0 Å². The molecule has 0 spiro atoms. The zero-order valence-corrected chi connectivity index (χ0v) is 9.20. The van der Waals surface area contributed by atoms with Gasteiger partial charge in [0.1, 0.15) is 0 Å². The maximum atomic E-state index is 11.6. The van der Waals surface area contributed by atoms with Crippen LogP contribution in [0.15, 0.2) is 0 Å². The van der Waals surface area contributed by atoms with Crippen molar-refractivity contribution in [1.82, 2.24) is 5.32 Å². The summed E-state index contributed by atoms with van der Waals surface area (Å²) in [7, 11) is 1.47. The molecule has 2 heterocycles. The smallest absolute Gasteiger partial charge is 0.310 e. The number of rotatable bonds is 2. The van der Waals surface area contributed by atoms with Gasteiger partial charge in [0.25, 0.3) is 0 Å². The molecule has 0 aliphatic carbocycles. The number of esters is 1. The zero-order valence-electron chi connectivity index (χ0n) is 9.20. The molecule has 2 aliphatic rings. The Morgan fingerprint density at radius 2 is 2.33 bits per heavy atom. The van der Waals surface area contributed by atoms with Crippen LogP contribution in [-0.4, -0.2) is 39.4 Å². The SMILES string of the molecule is COC(=O)C1CNCC1C1CCCOC1. The molecule has 0 radical (unpaired) electrons. The summed E-state index contributed by atoms with van der Waals surface area (Å²) in [6.45, 7) is 3.36. The van der Waals surface area contributed by atoms with Crippen LogP contribution >= 0.6 is 0 Å². The lowest BCUT2D eigenvalue weighted by Crippen LogP contribution is -2.33. The molecule has 0 bridgehead atoms. The number of carbonyl (C=O) groups is 1. The summed E-state index contributed by atoms with van der Waals surface area (Å²) >= 11 is 0. The van der Waals surface area contributed by atoms with Gasteiger partial charge in [-0.25, -0.2) is 0 Å². The number of nitrogens with one attached hydrogen (secondary N) is 1. The molecule has 3 atom stereocenters. The molecule has 2 fully saturated rings. The molecule has 0 aromatic carbocycles. The first-order chi connectivity index (χ1) is 7.33. The molecule has 0 aromatic heterocycles. The summed E-state index contributed by atoms with van der Waals surface area (Å²) in [4.78, 5) is 11.6. The van der Waals surface area contributed by atoms with E-state index in [9.17, 15) is 4.79 Å². The highest BCUT2D eigenvalue weighted by molar-refractivity contribution is 5.73. The standard InChI is InChI=1S/C11H19NO3/c1-14-11(13)10-6-12-5-9(10)8-3-2-4-15-7-8/h8-10,12H,2-7H2,1H3. The lowest BCUT2D eigenvalue weighted by molar-refractivity contribution is -0.147. The second-order valence-corrected chi connectivity index (χ2v) is 4.43. The van der Waals surface area contributed by atoms with Crippen LogP contribution in [0.5, 0.6) is 0 Å². The second-order valence-electron chi connectivity index (χ2n) is 4.43. The topological polar surface area (TPSA) is 47.6 Å². The average Bonchev–Trinajstić information content (AvgIpc) is 2.78. The number of methoxy groups -OCH3 is 1. The fourth-order valence-electron chi connectivity index (χ4n) is 2.71. The van der Waals surface area contributed by atoms with Gasteiger partial charge in [-0.3, -0.25) is 4.79 Å². The van der Waals surface area contributed by atoms with Gasteiger partial charge >= 0.3 is 5.97 Å². The van der Waals surface area contributed by atoms with E-state index in [1.54, 1.807) is 0 Å². The summed E-state index contributed by atoms with van der Waals surface area (Å²) in [5, 5.41) is 3.28. The van der Waals surface area contributed by atoms with Gasteiger partial charge in [0.15, 0.2) is 0 Å². The van der Waals surface area contributed by atoms with Crippen molar-refractivity contribution >= 4 is 5.97 Å². The van der Waals surface area contributed by atoms with E-state index in [-0.39, 0.29) is 11.9 Å². The van der Waals surface area contributed by atoms with Crippen LogP contribution in [0.3, 0.4) is 0 Å². The number of hydrogen-bond donors (Lipinski definition) is 1. The van der Waals surface area contributed by atoms with Crippen molar-refractivity contribution in [2.45, 2.75) is 12.8 Å². The fourth-order valence-corrected chi connectivity index (χ4v) is 2.71. The first kappa shape index (κ1) is 10.9. The Morgan fingerprint density at radius 3 is 3.00 bits per heavy atom. The van der Waals surface area contributed by atoms with Crippen molar-refractivity contribution in [3.8, 4) is 0 Å². The molecule has 1 N–H and O–H groups in total. The Balaban J connectivity index is 1.97. The Labute approximate surface area is 90.3 Å². The molecular weight excluding hydrogens is 194 g/mol. The quantitative estimate of drug-likeness (QED) is 0.675. The Kier molecular flexibility index (Phi) is 3.59. The van der Waals surface area contributed by atoms with Crippen LogP contribution in [-0.2, 0) is 14.3 Å². The van der Waals surface area contributed by atoms with E-state index >= 15 is 0 Å². The first-order valence-corrected chi connectivity index (χ1v) is 5.69. The van der Waals surface area contributed by atoms with Crippen LogP contribution in [0.1, 0.15) is 12.8 Å². The fraction of sp³-hybridized carbons (Fsp3) is 0.909. The lowest BCUT2D eigenvalue weighted by Gasteiger charge is -2.29. The average molecular weight is 213 g/mol. The maximum Gasteiger partial charge on any atom is 0.310 e. The Morgan fingerprint density at radius 1 is 1.47 bits per heavy atom. The molecule has 2 saturated heterocycles. The third kappa shape index (κ3) is 2.32. The van der Waals surface area contributed by atoms with Gasteiger partial charge in [0.05, 0.1) is 13.0 Å². The molecule has 2 rings (SSSR count). The van der Waals surface area contributed by atoms with Crippen molar-refractivity contribution < 1.29 is 14.3 Å². The molecule has 0 aromatic rings. The van der Waals surface area contributed by atoms with Gasteiger partial charge in [-0.05, 0) is 31.2 Å². The van der Waals surface area contributed by atoms with Crippen LogP contribution in [0.25, 0.3) is 0 Å². The molecule has 3 unspecified atom stereocenters. The maximum absolute atomic E-state index is 11.6. The summed E-state index contributed by atoms with van der Waals surface area (Å²) in [5.41, 5.74) is 0. The number of carbonyl (C=O) groups excluding carboxylic acids is 1. The van der Waals surface area contributed by atoms with Crippen molar-refractivity contribution in [2.75, 3.05) is 33.4 Å². The van der Waals surface area contributed by atoms with Crippen LogP contribution < -0.4 is 5.32 Å². The van der Waals surface area contributed by atoms with Crippen molar-refractivity contribution in [2.24, 2.45) is 17.8 Å². The Hall–Kier alpha value is -0.610. The van der Waals surface area contributed by atoms with E-state index in [0.29, 0.717) is 11.8 Å². The van der Waals surface area contributed by atoms with E-state index < -0.39 is 0 Å². The first-order valence-electron chi connectivity index (χ1n) is 5.69. The summed E-state index contributed by atoms with van der Waals surface area (Å²) in [5.74, 6) is 0.882. The highest BCUT2D eigenvalue weighted by Crippen LogP contribution is 2.31. The van der Waals surface area contributed by atoms with Gasteiger partial charge < -0.3 is 14.8 Å². The zero-order chi connectivity index (χ0) is 10.7. The van der Waals surface area contributed by atoms with Crippen molar-refractivity contribution in [1.29, 1.82) is 0 Å². The normalized spacial score (nSPS) is 36.5. The van der Waals surface area contributed by atoms with Gasteiger partial charge in [-0.2, -0.15) is 0 Å². The predicted octanol–water partition coefficient (Wildman–Crippen LogP) is 0.422. The molecule has 2 aliphatic heterocycles. The van der Waals surface area contributed by atoms with Crippen molar-refractivity contribution in [3.05, 3.63) is 0 Å². The summed E-state index contributed by atoms with van der Waals surface area (Å²) in [6, 6.07) is 0. The van der Waals surface area contributed by atoms with Gasteiger partial charge in [0.2, 0.25) is 0 Å². The molecule has 0 amide bonds. The minimum atomic E-state index is -0.0735. The highest BCUT2D eigenvalue weighted by Gasteiger charge is 2.39. The minimum Gasteiger partial charge on any atom is -0.469 e. The highest BCUT2D eigenvalue weighted by atomic mass is 16.5.